The summed E-state index contributed by atoms with van der Waals surface area (Å²) in [6.45, 7) is 0. The summed E-state index contributed by atoms with van der Waals surface area (Å²) < 4.78 is 4.68. The Labute approximate surface area is 172 Å². The zero-order chi connectivity index (χ0) is 20.1. The van der Waals surface area contributed by atoms with Gasteiger partial charge in [0.1, 0.15) is 0 Å². The Morgan fingerprint density at radius 1 is 1.07 bits per heavy atom. The molecule has 1 N–H and O–H groups in total. The second-order valence-electron chi connectivity index (χ2n) is 6.01. The van der Waals surface area contributed by atoms with Gasteiger partial charge < -0.3 is 10.1 Å². The summed E-state index contributed by atoms with van der Waals surface area (Å²) in [7, 11) is 2.94. The molecule has 3 aromatic rings. The number of rotatable bonds is 5. The summed E-state index contributed by atoms with van der Waals surface area (Å²) in [5.41, 5.74) is 1.33. The number of methoxy groups -OCH3 is 1. The summed E-state index contributed by atoms with van der Waals surface area (Å²) in [5, 5.41) is 5.53. The van der Waals surface area contributed by atoms with Crippen molar-refractivity contribution < 1.29 is 14.3 Å². The predicted molar refractivity (Wildman–Crippen MR) is 116 cm³/mol. The van der Waals surface area contributed by atoms with Gasteiger partial charge in [-0.2, -0.15) is 0 Å². The number of nitrogens with one attached hydrogen (secondary N) is 1. The molecule has 0 aliphatic carbocycles. The van der Waals surface area contributed by atoms with Crippen molar-refractivity contribution in [2.45, 2.75) is 4.90 Å². The minimum absolute atomic E-state index is 0.122. The topological polar surface area (TPSA) is 58.6 Å². The Bertz CT molecular complexity index is 1000. The van der Waals surface area contributed by atoms with Gasteiger partial charge in [0.05, 0.1) is 12.9 Å². The molecule has 7 heteroatoms. The van der Waals surface area contributed by atoms with Crippen molar-refractivity contribution in [2.75, 3.05) is 30.1 Å². The van der Waals surface area contributed by atoms with Crippen LogP contribution in [-0.4, -0.2) is 31.9 Å². The van der Waals surface area contributed by atoms with Gasteiger partial charge in [-0.3, -0.25) is 9.69 Å². The number of amides is 2. The lowest BCUT2D eigenvalue weighted by Gasteiger charge is -2.16. The molecule has 5 nitrogen and oxygen atoms in total. The van der Waals surface area contributed by atoms with Gasteiger partial charge >= 0.3 is 6.09 Å². The maximum Gasteiger partial charge on any atom is 0.413 e. The summed E-state index contributed by atoms with van der Waals surface area (Å²) in [6, 6.07) is 18.6. The maximum atomic E-state index is 12.3. The first-order valence-corrected chi connectivity index (χ1v) is 9.87. The van der Waals surface area contributed by atoms with Crippen LogP contribution in [-0.2, 0) is 9.53 Å². The molecular formula is C21H19ClN2O3S. The van der Waals surface area contributed by atoms with Crippen molar-refractivity contribution in [2.24, 2.45) is 0 Å². The molecule has 0 saturated heterocycles. The molecule has 0 spiro atoms. The van der Waals surface area contributed by atoms with Crippen LogP contribution in [0.1, 0.15) is 0 Å². The molecular weight excluding hydrogens is 396 g/mol. The van der Waals surface area contributed by atoms with Crippen molar-refractivity contribution >= 4 is 57.5 Å². The van der Waals surface area contributed by atoms with Crippen LogP contribution in [0, 0.1) is 0 Å². The fourth-order valence-electron chi connectivity index (χ4n) is 2.73. The highest BCUT2D eigenvalue weighted by Gasteiger charge is 2.11. The highest BCUT2D eigenvalue weighted by Crippen LogP contribution is 2.33. The van der Waals surface area contributed by atoms with E-state index >= 15 is 0 Å². The van der Waals surface area contributed by atoms with E-state index in [4.69, 9.17) is 11.6 Å². The van der Waals surface area contributed by atoms with Gasteiger partial charge in [0.15, 0.2) is 0 Å². The van der Waals surface area contributed by atoms with Crippen LogP contribution in [0.2, 0.25) is 5.02 Å². The van der Waals surface area contributed by atoms with Crippen LogP contribution in [0.15, 0.2) is 65.6 Å². The number of ether oxygens (including phenoxy) is 1. The number of hydrogen-bond donors (Lipinski definition) is 1. The Morgan fingerprint density at radius 2 is 1.75 bits per heavy atom. The third kappa shape index (κ3) is 4.58. The van der Waals surface area contributed by atoms with Crippen molar-refractivity contribution in [3.63, 3.8) is 0 Å². The molecule has 0 radical (unpaired) electrons. The molecule has 0 aliphatic rings. The van der Waals surface area contributed by atoms with Gasteiger partial charge in [0.2, 0.25) is 5.91 Å². The fourth-order valence-corrected chi connectivity index (χ4v) is 3.98. The average Bonchev–Trinajstić information content (AvgIpc) is 2.71. The molecule has 2 amide bonds. The van der Waals surface area contributed by atoms with Gasteiger partial charge in [-0.15, -0.1) is 11.8 Å². The number of benzene rings is 3. The lowest BCUT2D eigenvalue weighted by molar-refractivity contribution is -0.113. The third-order valence-corrected chi connectivity index (χ3v) is 5.53. The third-order valence-electron chi connectivity index (χ3n) is 4.16. The molecule has 28 heavy (non-hydrogen) atoms. The number of carbonyl (C=O) groups excluding carboxylic acids is 2. The van der Waals surface area contributed by atoms with Crippen LogP contribution in [0.5, 0.6) is 0 Å². The number of halogens is 1. The highest BCUT2D eigenvalue weighted by atomic mass is 35.5. The quantitative estimate of drug-likeness (QED) is 0.566. The first kappa shape index (κ1) is 20.0. The molecule has 0 aliphatic heterocycles. The molecule has 0 fully saturated rings. The second kappa shape index (κ2) is 8.99. The molecule has 0 unspecified atom stereocenters. The van der Waals surface area contributed by atoms with E-state index in [2.05, 4.69) is 10.1 Å². The van der Waals surface area contributed by atoms with Crippen molar-refractivity contribution in [1.82, 2.24) is 0 Å². The standard InChI is InChI=1S/C21H19ClN2O3S/c1-24(21(26)27-2)16-11-9-15(10-12-16)23-19(25)13-28-18-8-4-6-14-5-3-7-17(22)20(14)18/h3-12H,13H2,1-2H3,(H,23,25). The minimum atomic E-state index is -0.457. The number of carbonyl (C=O) groups is 2. The van der Waals surface area contributed by atoms with Crippen molar-refractivity contribution in [3.8, 4) is 0 Å². The maximum absolute atomic E-state index is 12.3. The smallest absolute Gasteiger partial charge is 0.413 e. The molecule has 3 rings (SSSR count). The predicted octanol–water partition coefficient (Wildman–Crippen LogP) is 5.43. The minimum Gasteiger partial charge on any atom is -0.452 e. The fraction of sp³-hybridized carbons (Fsp3) is 0.143. The lowest BCUT2D eigenvalue weighted by atomic mass is 10.1. The van der Waals surface area contributed by atoms with Gasteiger partial charge in [-0.1, -0.05) is 35.9 Å². The SMILES string of the molecule is COC(=O)N(C)c1ccc(NC(=O)CSc2cccc3cccc(Cl)c23)cc1. The van der Waals surface area contributed by atoms with Gasteiger partial charge in [-0.05, 0) is 41.8 Å². The summed E-state index contributed by atoms with van der Waals surface area (Å²) in [5.74, 6) is 0.136. The molecule has 0 atom stereocenters. The van der Waals surface area contributed by atoms with E-state index in [1.54, 1.807) is 31.3 Å². The first-order chi connectivity index (χ1) is 13.5. The summed E-state index contributed by atoms with van der Waals surface area (Å²) >= 11 is 7.77. The van der Waals surface area contributed by atoms with Crippen molar-refractivity contribution in [1.29, 1.82) is 0 Å². The van der Waals surface area contributed by atoms with E-state index in [1.165, 1.54) is 23.8 Å². The van der Waals surface area contributed by atoms with Gasteiger partial charge in [-0.25, -0.2) is 4.79 Å². The monoisotopic (exact) mass is 414 g/mol. The second-order valence-corrected chi connectivity index (χ2v) is 7.43. The molecule has 0 heterocycles. The molecule has 144 valence electrons. The molecule has 0 aromatic heterocycles. The molecule has 0 saturated carbocycles. The number of fused-ring (bicyclic) bond motifs is 1. The lowest BCUT2D eigenvalue weighted by Crippen LogP contribution is -2.25. The first-order valence-electron chi connectivity index (χ1n) is 8.51. The Balaban J connectivity index is 1.63. The Kier molecular flexibility index (Phi) is 6.44. The van der Waals surface area contributed by atoms with Crippen molar-refractivity contribution in [3.05, 3.63) is 65.7 Å². The van der Waals surface area contributed by atoms with Crippen LogP contribution in [0.4, 0.5) is 16.2 Å². The van der Waals surface area contributed by atoms with E-state index in [0.29, 0.717) is 16.4 Å². The van der Waals surface area contributed by atoms with E-state index < -0.39 is 6.09 Å². The van der Waals surface area contributed by atoms with Crippen LogP contribution < -0.4 is 10.2 Å². The van der Waals surface area contributed by atoms with E-state index in [9.17, 15) is 9.59 Å². The Morgan fingerprint density at radius 3 is 2.43 bits per heavy atom. The highest BCUT2D eigenvalue weighted by molar-refractivity contribution is 8.00. The zero-order valence-corrected chi connectivity index (χ0v) is 17.0. The number of hydrogen-bond acceptors (Lipinski definition) is 4. The van der Waals surface area contributed by atoms with E-state index in [0.717, 1.165) is 15.7 Å². The van der Waals surface area contributed by atoms with Crippen LogP contribution in [0.25, 0.3) is 10.8 Å². The van der Waals surface area contributed by atoms with E-state index in [-0.39, 0.29) is 11.7 Å². The largest absolute Gasteiger partial charge is 0.452 e. The van der Waals surface area contributed by atoms with Crippen LogP contribution >= 0.6 is 23.4 Å². The number of thioether (sulfide) groups is 1. The summed E-state index contributed by atoms with van der Waals surface area (Å²) in [4.78, 5) is 26.2. The van der Waals surface area contributed by atoms with Crippen LogP contribution in [0.3, 0.4) is 0 Å². The normalized spacial score (nSPS) is 10.5. The number of anilines is 2. The Hall–Kier alpha value is -2.70. The summed E-state index contributed by atoms with van der Waals surface area (Å²) in [6.07, 6.45) is -0.457. The van der Waals surface area contributed by atoms with E-state index in [1.807, 2.05) is 36.4 Å². The van der Waals surface area contributed by atoms with Gasteiger partial charge in [0, 0.05) is 33.7 Å². The number of nitrogens with zero attached hydrogens (tertiary/aromatic N) is 1. The molecule has 0 bridgehead atoms. The molecule has 3 aromatic carbocycles. The average molecular weight is 415 g/mol. The van der Waals surface area contributed by atoms with Gasteiger partial charge in [0.25, 0.3) is 0 Å². The zero-order valence-electron chi connectivity index (χ0n) is 15.4.